The second-order valence-corrected chi connectivity index (χ2v) is 4.55. The second kappa shape index (κ2) is 4.80. The van der Waals surface area contributed by atoms with Crippen molar-refractivity contribution in [1.82, 2.24) is 15.5 Å². The first kappa shape index (κ1) is 12.9. The molecule has 1 atom stereocenters. The van der Waals surface area contributed by atoms with Crippen molar-refractivity contribution >= 4 is 11.9 Å². The van der Waals surface area contributed by atoms with E-state index < -0.39 is 11.5 Å². The monoisotopic (exact) mass is 229 g/mol. The summed E-state index contributed by atoms with van der Waals surface area (Å²) in [6.07, 6.45) is 0.0328. The Kier molecular flexibility index (Phi) is 3.88. The summed E-state index contributed by atoms with van der Waals surface area (Å²) >= 11 is 0. The van der Waals surface area contributed by atoms with Crippen LogP contribution in [0.3, 0.4) is 0 Å². The molecule has 16 heavy (non-hydrogen) atoms. The molecule has 1 amide bonds. The van der Waals surface area contributed by atoms with Crippen LogP contribution in [0.5, 0.6) is 0 Å². The third-order valence-corrected chi connectivity index (χ3v) is 2.75. The Bertz CT molecular complexity index is 287. The van der Waals surface area contributed by atoms with Crippen LogP contribution in [0.25, 0.3) is 0 Å². The first-order valence-electron chi connectivity index (χ1n) is 5.28. The summed E-state index contributed by atoms with van der Waals surface area (Å²) in [6, 6.07) is -0.364. The van der Waals surface area contributed by atoms with Crippen molar-refractivity contribution in [3.63, 3.8) is 0 Å². The van der Waals surface area contributed by atoms with Gasteiger partial charge in [0, 0.05) is 27.2 Å². The lowest BCUT2D eigenvalue weighted by Crippen LogP contribution is -2.71. The standard InChI is InChI=1S/C10H19N3O3/c1-7(9(16)13(2)3)12-10(4-8(14)15)5-11-6-10/h7,11-12H,4-6H2,1-3H3,(H,14,15). The molecule has 1 fully saturated rings. The smallest absolute Gasteiger partial charge is 0.305 e. The molecule has 3 N–H and O–H groups in total. The second-order valence-electron chi connectivity index (χ2n) is 4.55. The molecule has 0 aliphatic carbocycles. The molecule has 0 aromatic heterocycles. The quantitative estimate of drug-likeness (QED) is 0.556. The summed E-state index contributed by atoms with van der Waals surface area (Å²) < 4.78 is 0. The van der Waals surface area contributed by atoms with E-state index >= 15 is 0 Å². The van der Waals surface area contributed by atoms with Crippen LogP contribution in [0.15, 0.2) is 0 Å². The maximum absolute atomic E-state index is 11.6. The minimum Gasteiger partial charge on any atom is -0.481 e. The number of nitrogens with zero attached hydrogens (tertiary/aromatic N) is 1. The Morgan fingerprint density at radius 2 is 2.06 bits per heavy atom. The van der Waals surface area contributed by atoms with E-state index in [2.05, 4.69) is 10.6 Å². The lowest BCUT2D eigenvalue weighted by atomic mass is 9.87. The van der Waals surface area contributed by atoms with Crippen molar-refractivity contribution < 1.29 is 14.7 Å². The van der Waals surface area contributed by atoms with Gasteiger partial charge in [0.15, 0.2) is 0 Å². The van der Waals surface area contributed by atoms with Crippen molar-refractivity contribution in [2.45, 2.75) is 24.9 Å². The van der Waals surface area contributed by atoms with Gasteiger partial charge in [-0.1, -0.05) is 0 Å². The van der Waals surface area contributed by atoms with Gasteiger partial charge in [0.1, 0.15) is 0 Å². The number of rotatable bonds is 5. The summed E-state index contributed by atoms with van der Waals surface area (Å²) in [5.74, 6) is -0.893. The molecule has 0 radical (unpaired) electrons. The van der Waals surface area contributed by atoms with Crippen LogP contribution >= 0.6 is 0 Å². The third-order valence-electron chi connectivity index (χ3n) is 2.75. The average Bonchev–Trinajstić information content (AvgIpc) is 2.11. The lowest BCUT2D eigenvalue weighted by Gasteiger charge is -2.44. The van der Waals surface area contributed by atoms with Gasteiger partial charge in [0.2, 0.25) is 5.91 Å². The molecule has 0 aromatic rings. The van der Waals surface area contributed by atoms with Crippen LogP contribution in [0, 0.1) is 0 Å². The fourth-order valence-corrected chi connectivity index (χ4v) is 1.90. The maximum Gasteiger partial charge on any atom is 0.305 e. The summed E-state index contributed by atoms with van der Waals surface area (Å²) in [5, 5.41) is 14.9. The molecular weight excluding hydrogens is 210 g/mol. The number of amides is 1. The number of carboxylic acid groups (broad SMARTS) is 1. The van der Waals surface area contributed by atoms with Crippen molar-refractivity contribution in [3.8, 4) is 0 Å². The maximum atomic E-state index is 11.6. The van der Waals surface area contributed by atoms with Crippen molar-refractivity contribution in [1.29, 1.82) is 0 Å². The highest BCUT2D eigenvalue weighted by Crippen LogP contribution is 2.17. The summed E-state index contributed by atoms with van der Waals surface area (Å²) in [5.41, 5.74) is -0.475. The summed E-state index contributed by atoms with van der Waals surface area (Å²) in [6.45, 7) is 2.93. The van der Waals surface area contributed by atoms with E-state index in [0.717, 1.165) is 0 Å². The first-order valence-corrected chi connectivity index (χ1v) is 5.28. The van der Waals surface area contributed by atoms with Gasteiger partial charge in [-0.05, 0) is 6.92 Å². The average molecular weight is 229 g/mol. The molecule has 0 bridgehead atoms. The Labute approximate surface area is 95.0 Å². The highest BCUT2D eigenvalue weighted by molar-refractivity contribution is 5.81. The Hall–Kier alpha value is -1.14. The highest BCUT2D eigenvalue weighted by atomic mass is 16.4. The molecule has 92 valence electrons. The molecular formula is C10H19N3O3. The molecule has 1 heterocycles. The molecule has 6 heteroatoms. The lowest BCUT2D eigenvalue weighted by molar-refractivity contribution is -0.140. The van der Waals surface area contributed by atoms with Gasteiger partial charge in [-0.15, -0.1) is 0 Å². The van der Waals surface area contributed by atoms with Crippen molar-refractivity contribution in [2.75, 3.05) is 27.2 Å². The highest BCUT2D eigenvalue weighted by Gasteiger charge is 2.40. The largest absolute Gasteiger partial charge is 0.481 e. The molecule has 0 spiro atoms. The zero-order valence-corrected chi connectivity index (χ0v) is 9.91. The zero-order valence-electron chi connectivity index (χ0n) is 9.91. The van der Waals surface area contributed by atoms with Gasteiger partial charge in [0.05, 0.1) is 18.0 Å². The molecule has 1 saturated heterocycles. The summed E-state index contributed by atoms with van der Waals surface area (Å²) in [4.78, 5) is 23.9. The number of carbonyl (C=O) groups is 2. The van der Waals surface area contributed by atoms with Gasteiger partial charge in [-0.3, -0.25) is 14.9 Å². The van der Waals surface area contributed by atoms with E-state index in [1.165, 1.54) is 4.90 Å². The molecule has 1 unspecified atom stereocenters. The third kappa shape index (κ3) is 2.93. The Balaban J connectivity index is 2.56. The number of likely N-dealkylation sites (N-methyl/N-ethyl adjacent to an activating group) is 1. The molecule has 0 saturated carbocycles. The predicted molar refractivity (Wildman–Crippen MR) is 59.1 cm³/mol. The number of aliphatic carboxylic acids is 1. The van der Waals surface area contributed by atoms with Crippen molar-refractivity contribution in [3.05, 3.63) is 0 Å². The Morgan fingerprint density at radius 3 is 2.38 bits per heavy atom. The number of carbonyl (C=O) groups excluding carboxylic acids is 1. The fourth-order valence-electron chi connectivity index (χ4n) is 1.90. The van der Waals surface area contributed by atoms with Crippen molar-refractivity contribution in [2.24, 2.45) is 0 Å². The van der Waals surface area contributed by atoms with E-state index in [9.17, 15) is 9.59 Å². The minimum absolute atomic E-state index is 0.0328. The van der Waals surface area contributed by atoms with E-state index in [-0.39, 0.29) is 18.4 Å². The predicted octanol–water partition coefficient (Wildman–Crippen LogP) is -1.13. The molecule has 1 rings (SSSR count). The van der Waals surface area contributed by atoms with Crippen LogP contribution in [-0.2, 0) is 9.59 Å². The van der Waals surface area contributed by atoms with Gasteiger partial charge < -0.3 is 15.3 Å². The zero-order chi connectivity index (χ0) is 12.3. The number of hydrogen-bond acceptors (Lipinski definition) is 4. The first-order chi connectivity index (χ1) is 7.36. The van der Waals surface area contributed by atoms with Gasteiger partial charge in [-0.25, -0.2) is 0 Å². The SMILES string of the molecule is CC(NC1(CC(=O)O)CNC1)C(=O)N(C)C. The topological polar surface area (TPSA) is 81.7 Å². The normalized spacial score (nSPS) is 19.7. The molecule has 6 nitrogen and oxygen atoms in total. The number of nitrogens with one attached hydrogen (secondary N) is 2. The van der Waals surface area contributed by atoms with Crippen LogP contribution in [0.2, 0.25) is 0 Å². The van der Waals surface area contributed by atoms with Gasteiger partial charge >= 0.3 is 5.97 Å². The number of carboxylic acids is 1. The fraction of sp³-hybridized carbons (Fsp3) is 0.800. The number of hydrogen-bond donors (Lipinski definition) is 3. The Morgan fingerprint density at radius 1 is 1.50 bits per heavy atom. The van der Waals surface area contributed by atoms with E-state index in [0.29, 0.717) is 13.1 Å². The molecule has 0 aromatic carbocycles. The molecule has 1 aliphatic heterocycles. The van der Waals surface area contributed by atoms with Crippen LogP contribution in [0.4, 0.5) is 0 Å². The van der Waals surface area contributed by atoms with E-state index in [4.69, 9.17) is 5.11 Å². The van der Waals surface area contributed by atoms with Crippen LogP contribution < -0.4 is 10.6 Å². The van der Waals surface area contributed by atoms with Crippen LogP contribution in [-0.4, -0.2) is 60.6 Å². The molecule has 1 aliphatic rings. The van der Waals surface area contributed by atoms with Gasteiger partial charge in [-0.2, -0.15) is 0 Å². The van der Waals surface area contributed by atoms with E-state index in [1.807, 2.05) is 0 Å². The van der Waals surface area contributed by atoms with Crippen LogP contribution in [0.1, 0.15) is 13.3 Å². The van der Waals surface area contributed by atoms with E-state index in [1.54, 1.807) is 21.0 Å². The van der Waals surface area contributed by atoms with Gasteiger partial charge in [0.25, 0.3) is 0 Å². The minimum atomic E-state index is -0.849. The summed E-state index contributed by atoms with van der Waals surface area (Å²) in [7, 11) is 3.37.